The molecule has 1 aromatic heterocycles. The number of hydrogen-bond acceptors (Lipinski definition) is 5. The highest BCUT2D eigenvalue weighted by molar-refractivity contribution is 6.31. The number of aromatic nitrogens is 1. The molecule has 1 amide bonds. The number of amides is 1. The molecule has 0 aliphatic carbocycles. The van der Waals surface area contributed by atoms with Crippen molar-refractivity contribution in [1.82, 2.24) is 9.88 Å². The number of pyridine rings is 1. The van der Waals surface area contributed by atoms with E-state index in [9.17, 15) is 18.9 Å². The van der Waals surface area contributed by atoms with Crippen molar-refractivity contribution in [3.8, 4) is 0 Å². The normalized spacial score (nSPS) is 12.7. The second-order valence-electron chi connectivity index (χ2n) is 7.56. The van der Waals surface area contributed by atoms with Gasteiger partial charge in [-0.25, -0.2) is 4.39 Å². The van der Waals surface area contributed by atoms with Crippen molar-refractivity contribution >= 4 is 17.5 Å². The van der Waals surface area contributed by atoms with Crippen LogP contribution in [0.4, 0.5) is 4.39 Å². The molecule has 2 aromatic carbocycles. The number of halogens is 2. The Bertz CT molecular complexity index is 1210. The molecule has 2 unspecified atom stereocenters. The lowest BCUT2D eigenvalue weighted by Gasteiger charge is -2.22. The Morgan fingerprint density at radius 2 is 1.91 bits per heavy atom. The minimum Gasteiger partial charge on any atom is -0.395 e. The smallest absolute Gasteiger partial charge is 0.254 e. The summed E-state index contributed by atoms with van der Waals surface area (Å²) in [6, 6.07) is 13.3. The molecule has 2 N–H and O–H groups in total. The van der Waals surface area contributed by atoms with Crippen LogP contribution >= 0.6 is 11.6 Å². The molecule has 172 valence electrons. The van der Waals surface area contributed by atoms with Crippen molar-refractivity contribution in [1.29, 1.82) is 0 Å². The van der Waals surface area contributed by atoms with Crippen LogP contribution in [0.25, 0.3) is 0 Å². The van der Waals surface area contributed by atoms with Crippen LogP contribution in [0.5, 0.6) is 0 Å². The highest BCUT2D eigenvalue weighted by atomic mass is 35.5. The Balaban J connectivity index is 2.02. The van der Waals surface area contributed by atoms with E-state index in [2.05, 4.69) is 10.5 Å². The van der Waals surface area contributed by atoms with Gasteiger partial charge in [0.25, 0.3) is 5.91 Å². The average Bonchev–Trinajstić information content (AvgIpc) is 2.81. The molecule has 7 nitrogen and oxygen atoms in total. The molecule has 3 aromatic rings. The first-order valence-corrected chi connectivity index (χ1v) is 10.7. The second-order valence-corrected chi connectivity index (χ2v) is 7.97. The summed E-state index contributed by atoms with van der Waals surface area (Å²) in [6.45, 7) is -0.250. The number of hydrogen-bond donors (Lipinski definition) is 2. The van der Waals surface area contributed by atoms with Crippen LogP contribution < -0.4 is 10.9 Å². The molecule has 9 heteroatoms. The zero-order chi connectivity index (χ0) is 24.0. The van der Waals surface area contributed by atoms with E-state index in [1.165, 1.54) is 22.8 Å². The van der Waals surface area contributed by atoms with Gasteiger partial charge in [-0.3, -0.25) is 9.59 Å². The number of aliphatic hydroxyl groups excluding tert-OH is 1. The highest BCUT2D eigenvalue weighted by Crippen LogP contribution is 2.38. The van der Waals surface area contributed by atoms with Crippen LogP contribution in [0.1, 0.15) is 45.4 Å². The van der Waals surface area contributed by atoms with Crippen LogP contribution in [0.3, 0.4) is 0 Å². The van der Waals surface area contributed by atoms with E-state index >= 15 is 0 Å². The third-order valence-corrected chi connectivity index (χ3v) is 5.74. The number of carbonyl (C=O) groups excluding carboxylic acids is 1. The molecule has 2 atom stereocenters. The van der Waals surface area contributed by atoms with E-state index in [1.807, 2.05) is 0 Å². The zero-order valence-corrected chi connectivity index (χ0v) is 18.6. The van der Waals surface area contributed by atoms with E-state index in [-0.39, 0.29) is 30.7 Å². The first-order valence-electron chi connectivity index (χ1n) is 10.3. The van der Waals surface area contributed by atoms with Crippen LogP contribution in [0.2, 0.25) is 5.02 Å². The van der Waals surface area contributed by atoms with Crippen molar-refractivity contribution in [2.24, 2.45) is 12.2 Å². The minimum atomic E-state index is -0.825. The monoisotopic (exact) mass is 471 g/mol. The van der Waals surface area contributed by atoms with Gasteiger partial charge in [-0.2, -0.15) is 4.91 Å². The number of aryl methyl sites for hydroxylation is 1. The summed E-state index contributed by atoms with van der Waals surface area (Å²) in [4.78, 5) is 35.6. The van der Waals surface area contributed by atoms with Gasteiger partial charge < -0.3 is 15.0 Å². The van der Waals surface area contributed by atoms with Crippen LogP contribution in [-0.2, 0) is 7.05 Å². The van der Waals surface area contributed by atoms with Crippen LogP contribution in [0.15, 0.2) is 70.8 Å². The first kappa shape index (κ1) is 24.3. The molecular formula is C24H23ClFN3O4. The maximum Gasteiger partial charge on any atom is 0.254 e. The number of rotatable bonds is 9. The lowest BCUT2D eigenvalue weighted by Crippen LogP contribution is -2.27. The van der Waals surface area contributed by atoms with Gasteiger partial charge in [0, 0.05) is 36.8 Å². The maximum absolute atomic E-state index is 14.9. The summed E-state index contributed by atoms with van der Waals surface area (Å²) in [5, 5.41) is 15.0. The predicted octanol–water partition coefficient (Wildman–Crippen LogP) is 3.93. The van der Waals surface area contributed by atoms with Crippen molar-refractivity contribution in [2.45, 2.75) is 18.4 Å². The van der Waals surface area contributed by atoms with Gasteiger partial charge in [-0.05, 0) is 47.4 Å². The topological polar surface area (TPSA) is 101 Å². The Kier molecular flexibility index (Phi) is 8.08. The number of nitrogens with zero attached hydrogens (tertiary/aromatic N) is 2. The van der Waals surface area contributed by atoms with Gasteiger partial charge in [0.1, 0.15) is 11.9 Å². The van der Waals surface area contributed by atoms with Gasteiger partial charge in [-0.1, -0.05) is 41.0 Å². The van der Waals surface area contributed by atoms with Gasteiger partial charge >= 0.3 is 0 Å². The summed E-state index contributed by atoms with van der Waals surface area (Å²) in [6.07, 6.45) is 1.72. The van der Waals surface area contributed by atoms with Gasteiger partial charge in [0.2, 0.25) is 5.56 Å². The lowest BCUT2D eigenvalue weighted by molar-refractivity contribution is 0.0940. The van der Waals surface area contributed by atoms with Gasteiger partial charge in [0.15, 0.2) is 0 Å². The SMILES string of the molecule is Cn1cc(C(CC(c2ccc(C(=O)NCCO)c(F)c2)c2ccccc2Cl)N=O)ccc1=O. The third-order valence-electron chi connectivity index (χ3n) is 5.40. The fourth-order valence-corrected chi connectivity index (χ4v) is 3.94. The first-order chi connectivity index (χ1) is 15.8. The van der Waals surface area contributed by atoms with E-state index < -0.39 is 23.7 Å². The summed E-state index contributed by atoms with van der Waals surface area (Å²) in [5.41, 5.74) is 1.35. The number of carbonyl (C=O) groups is 1. The Hall–Kier alpha value is -3.36. The second kappa shape index (κ2) is 11.0. The van der Waals surface area contributed by atoms with Crippen molar-refractivity contribution in [3.63, 3.8) is 0 Å². The van der Waals surface area contributed by atoms with Gasteiger partial charge in [0.05, 0.1) is 12.2 Å². The van der Waals surface area contributed by atoms with Crippen molar-refractivity contribution in [2.75, 3.05) is 13.2 Å². The molecule has 0 saturated carbocycles. The minimum absolute atomic E-state index is 0.00847. The van der Waals surface area contributed by atoms with Gasteiger partial charge in [-0.15, -0.1) is 0 Å². The molecular weight excluding hydrogens is 449 g/mol. The molecule has 0 fully saturated rings. The Labute approximate surface area is 194 Å². The molecule has 1 heterocycles. The van der Waals surface area contributed by atoms with E-state index in [4.69, 9.17) is 16.7 Å². The number of nitrogens with one attached hydrogen (secondary N) is 1. The summed E-state index contributed by atoms with van der Waals surface area (Å²) in [7, 11) is 1.58. The molecule has 0 bridgehead atoms. The average molecular weight is 472 g/mol. The summed E-state index contributed by atoms with van der Waals surface area (Å²) < 4.78 is 16.2. The Morgan fingerprint density at radius 3 is 2.55 bits per heavy atom. The number of aliphatic hydroxyl groups is 1. The fraction of sp³-hybridized carbons (Fsp3) is 0.250. The van der Waals surface area contributed by atoms with E-state index in [1.54, 1.807) is 49.6 Å². The fourth-order valence-electron chi connectivity index (χ4n) is 3.67. The largest absolute Gasteiger partial charge is 0.395 e. The Morgan fingerprint density at radius 1 is 1.18 bits per heavy atom. The standard InChI is InChI=1S/C24H23ClFN3O4/c1-29-14-16(7-9-23(29)31)22(28-33)13-19(17-4-2-3-5-20(17)25)15-6-8-18(21(26)12-15)24(32)27-10-11-30/h2-9,12,14,19,22,30H,10-11,13H2,1H3,(H,27,32). The molecule has 3 rings (SSSR count). The van der Waals surface area contributed by atoms with Crippen LogP contribution in [-0.4, -0.2) is 28.7 Å². The van der Waals surface area contributed by atoms with Crippen molar-refractivity contribution in [3.05, 3.63) is 109 Å². The third kappa shape index (κ3) is 5.71. The highest BCUT2D eigenvalue weighted by Gasteiger charge is 2.25. The molecule has 0 radical (unpaired) electrons. The lowest BCUT2D eigenvalue weighted by atomic mass is 9.84. The summed E-state index contributed by atoms with van der Waals surface area (Å²) in [5.74, 6) is -1.89. The van der Waals surface area contributed by atoms with E-state index in [0.29, 0.717) is 21.7 Å². The molecule has 0 spiro atoms. The van der Waals surface area contributed by atoms with E-state index in [0.717, 1.165) is 0 Å². The molecule has 0 aliphatic heterocycles. The summed E-state index contributed by atoms with van der Waals surface area (Å²) >= 11 is 6.43. The quantitative estimate of drug-likeness (QED) is 0.462. The zero-order valence-electron chi connectivity index (χ0n) is 17.9. The van der Waals surface area contributed by atoms with Crippen LogP contribution in [0, 0.1) is 10.7 Å². The predicted molar refractivity (Wildman–Crippen MR) is 124 cm³/mol. The molecule has 0 saturated heterocycles. The number of benzene rings is 2. The molecule has 33 heavy (non-hydrogen) atoms. The molecule has 0 aliphatic rings. The number of nitroso groups, excluding NO2 is 1. The maximum atomic E-state index is 14.9. The van der Waals surface area contributed by atoms with Crippen molar-refractivity contribution < 1.29 is 14.3 Å².